The van der Waals surface area contributed by atoms with Crippen molar-refractivity contribution in [3.8, 4) is 0 Å². The van der Waals surface area contributed by atoms with Gasteiger partial charge in [-0.05, 0) is 38.0 Å². The molecule has 0 aromatic heterocycles. The second-order valence-electron chi connectivity index (χ2n) is 7.65. The Kier molecular flexibility index (Phi) is 6.38. The van der Waals surface area contributed by atoms with Crippen LogP contribution in [0, 0.1) is 11.8 Å². The fourth-order valence-electron chi connectivity index (χ4n) is 4.35. The van der Waals surface area contributed by atoms with Crippen molar-refractivity contribution < 1.29 is 4.79 Å². The van der Waals surface area contributed by atoms with Crippen LogP contribution in [-0.2, 0) is 4.79 Å². The van der Waals surface area contributed by atoms with E-state index in [1.807, 2.05) is 4.90 Å². The molecule has 2 unspecified atom stereocenters. The Morgan fingerprint density at radius 2 is 2.08 bits per heavy atom. The predicted octanol–water partition coefficient (Wildman–Crippen LogP) is 2.52. The molecular formula is C19H34N4O. The Morgan fingerprint density at radius 1 is 1.25 bits per heavy atom. The fourth-order valence-corrected chi connectivity index (χ4v) is 4.35. The molecule has 0 bridgehead atoms. The molecular weight excluding hydrogens is 300 g/mol. The summed E-state index contributed by atoms with van der Waals surface area (Å²) >= 11 is 0. The van der Waals surface area contributed by atoms with Crippen LogP contribution in [0.4, 0.5) is 0 Å². The Labute approximate surface area is 146 Å². The number of nitrogens with zero attached hydrogens (tertiary/aromatic N) is 2. The molecule has 0 spiro atoms. The molecule has 1 heterocycles. The van der Waals surface area contributed by atoms with Gasteiger partial charge in [-0.15, -0.1) is 0 Å². The number of nitrogens with one attached hydrogen (secondary N) is 2. The number of guanidine groups is 1. The van der Waals surface area contributed by atoms with Gasteiger partial charge in [-0.3, -0.25) is 9.79 Å². The lowest BCUT2D eigenvalue weighted by Crippen LogP contribution is -2.39. The number of rotatable bonds is 7. The summed E-state index contributed by atoms with van der Waals surface area (Å²) in [6.07, 6.45) is 11.2. The second kappa shape index (κ2) is 8.72. The molecule has 2 N–H and O–H groups in total. The van der Waals surface area contributed by atoms with Gasteiger partial charge < -0.3 is 15.5 Å². The van der Waals surface area contributed by atoms with E-state index in [0.29, 0.717) is 11.9 Å². The number of hydrogen-bond acceptors (Lipinski definition) is 2. The molecule has 3 fully saturated rings. The maximum Gasteiger partial charge on any atom is 0.222 e. The van der Waals surface area contributed by atoms with Gasteiger partial charge in [-0.2, -0.15) is 0 Å². The Balaban J connectivity index is 1.38. The molecule has 3 rings (SSSR count). The summed E-state index contributed by atoms with van der Waals surface area (Å²) in [5.74, 6) is 3.10. The van der Waals surface area contributed by atoms with Gasteiger partial charge in [0, 0.05) is 38.6 Å². The quantitative estimate of drug-likeness (QED) is 0.427. The molecule has 1 saturated heterocycles. The molecule has 3 aliphatic rings. The second-order valence-corrected chi connectivity index (χ2v) is 7.65. The van der Waals surface area contributed by atoms with Gasteiger partial charge in [0.05, 0.1) is 0 Å². The van der Waals surface area contributed by atoms with E-state index < -0.39 is 0 Å². The monoisotopic (exact) mass is 334 g/mol. The normalized spacial score (nSPS) is 28.3. The largest absolute Gasteiger partial charge is 0.357 e. The number of carbonyl (C=O) groups is 1. The van der Waals surface area contributed by atoms with Gasteiger partial charge >= 0.3 is 0 Å². The van der Waals surface area contributed by atoms with E-state index in [9.17, 15) is 4.79 Å². The first-order valence-corrected chi connectivity index (χ1v) is 10.1. The first kappa shape index (κ1) is 17.6. The first-order valence-electron chi connectivity index (χ1n) is 10.1. The number of hydrogen-bond donors (Lipinski definition) is 2. The molecule has 2 atom stereocenters. The summed E-state index contributed by atoms with van der Waals surface area (Å²) in [6.45, 7) is 5.60. The number of amides is 1. The number of likely N-dealkylation sites (tertiary alicyclic amines) is 1. The molecule has 136 valence electrons. The van der Waals surface area contributed by atoms with Gasteiger partial charge in [0.25, 0.3) is 0 Å². The van der Waals surface area contributed by atoms with E-state index in [1.165, 1.54) is 38.5 Å². The van der Waals surface area contributed by atoms with Crippen molar-refractivity contribution in [3.05, 3.63) is 0 Å². The van der Waals surface area contributed by atoms with E-state index >= 15 is 0 Å². The molecule has 0 aromatic rings. The summed E-state index contributed by atoms with van der Waals surface area (Å²) in [5.41, 5.74) is 0. The predicted molar refractivity (Wildman–Crippen MR) is 98.0 cm³/mol. The molecule has 1 amide bonds. The highest BCUT2D eigenvalue weighted by Gasteiger charge is 2.43. The van der Waals surface area contributed by atoms with Crippen LogP contribution in [-0.4, -0.2) is 49.0 Å². The zero-order valence-electron chi connectivity index (χ0n) is 15.2. The van der Waals surface area contributed by atoms with E-state index in [0.717, 1.165) is 63.2 Å². The zero-order valence-corrected chi connectivity index (χ0v) is 15.2. The third-order valence-corrected chi connectivity index (χ3v) is 5.79. The first-order chi connectivity index (χ1) is 11.8. The minimum atomic E-state index is 0.317. The van der Waals surface area contributed by atoms with E-state index in [-0.39, 0.29) is 0 Å². The fraction of sp³-hybridized carbons (Fsp3) is 0.895. The average Bonchev–Trinajstić information content (AvgIpc) is 3.25. The van der Waals surface area contributed by atoms with Crippen molar-refractivity contribution >= 4 is 11.9 Å². The lowest BCUT2D eigenvalue weighted by Gasteiger charge is -2.22. The standard InChI is InChI=1S/C19H34N4O/c1-2-20-19(21-11-7-13-23-12-6-10-18(23)24)22-17-14-16(17)15-8-4-3-5-9-15/h15-17H,2-14H2,1H3,(H2,20,21,22). The zero-order chi connectivity index (χ0) is 16.8. The van der Waals surface area contributed by atoms with Crippen LogP contribution in [0.5, 0.6) is 0 Å². The minimum Gasteiger partial charge on any atom is -0.357 e. The SMILES string of the molecule is CCNC(=NCCCN1CCCC1=O)NC1CC1C1CCCCC1. The van der Waals surface area contributed by atoms with Crippen LogP contribution < -0.4 is 10.6 Å². The van der Waals surface area contributed by atoms with Crippen LogP contribution in [0.15, 0.2) is 4.99 Å². The third kappa shape index (κ3) is 4.87. The molecule has 2 aliphatic carbocycles. The highest BCUT2D eigenvalue weighted by molar-refractivity contribution is 5.80. The number of carbonyl (C=O) groups excluding carboxylic acids is 1. The summed E-state index contributed by atoms with van der Waals surface area (Å²) in [4.78, 5) is 18.3. The van der Waals surface area contributed by atoms with Crippen LogP contribution in [0.25, 0.3) is 0 Å². The van der Waals surface area contributed by atoms with Crippen LogP contribution in [0.2, 0.25) is 0 Å². The smallest absolute Gasteiger partial charge is 0.222 e. The van der Waals surface area contributed by atoms with Crippen molar-refractivity contribution in [1.29, 1.82) is 0 Å². The van der Waals surface area contributed by atoms with Crippen LogP contribution in [0.1, 0.15) is 64.7 Å². The molecule has 2 saturated carbocycles. The van der Waals surface area contributed by atoms with Crippen molar-refractivity contribution in [2.24, 2.45) is 16.8 Å². The highest BCUT2D eigenvalue weighted by Crippen LogP contribution is 2.44. The summed E-state index contributed by atoms with van der Waals surface area (Å²) in [6, 6.07) is 0.631. The molecule has 24 heavy (non-hydrogen) atoms. The maximum absolute atomic E-state index is 11.6. The van der Waals surface area contributed by atoms with Crippen molar-refractivity contribution in [2.45, 2.75) is 70.8 Å². The van der Waals surface area contributed by atoms with E-state index in [4.69, 9.17) is 4.99 Å². The summed E-state index contributed by atoms with van der Waals surface area (Å²) in [5, 5.41) is 7.01. The molecule has 5 nitrogen and oxygen atoms in total. The van der Waals surface area contributed by atoms with Gasteiger partial charge in [0.1, 0.15) is 0 Å². The van der Waals surface area contributed by atoms with Gasteiger partial charge in [0.15, 0.2) is 5.96 Å². The molecule has 1 aliphatic heterocycles. The Hall–Kier alpha value is -1.26. The van der Waals surface area contributed by atoms with E-state index in [2.05, 4.69) is 17.6 Å². The Morgan fingerprint density at radius 3 is 2.79 bits per heavy atom. The van der Waals surface area contributed by atoms with Crippen LogP contribution >= 0.6 is 0 Å². The number of aliphatic imine (C=N–C) groups is 1. The van der Waals surface area contributed by atoms with Crippen molar-refractivity contribution in [3.63, 3.8) is 0 Å². The average molecular weight is 335 g/mol. The van der Waals surface area contributed by atoms with Gasteiger partial charge in [-0.25, -0.2) is 0 Å². The third-order valence-electron chi connectivity index (χ3n) is 5.79. The molecule has 0 aromatic carbocycles. The van der Waals surface area contributed by atoms with Crippen molar-refractivity contribution in [1.82, 2.24) is 15.5 Å². The lowest BCUT2D eigenvalue weighted by atomic mass is 9.85. The lowest BCUT2D eigenvalue weighted by molar-refractivity contribution is -0.127. The molecule has 0 radical (unpaired) electrons. The topological polar surface area (TPSA) is 56.7 Å². The Bertz CT molecular complexity index is 445. The molecule has 5 heteroatoms. The van der Waals surface area contributed by atoms with Gasteiger partial charge in [0.2, 0.25) is 5.91 Å². The van der Waals surface area contributed by atoms with Crippen LogP contribution in [0.3, 0.4) is 0 Å². The van der Waals surface area contributed by atoms with Gasteiger partial charge in [-0.1, -0.05) is 32.1 Å². The minimum absolute atomic E-state index is 0.317. The maximum atomic E-state index is 11.6. The van der Waals surface area contributed by atoms with E-state index in [1.54, 1.807) is 0 Å². The summed E-state index contributed by atoms with van der Waals surface area (Å²) in [7, 11) is 0. The van der Waals surface area contributed by atoms with Crippen molar-refractivity contribution in [2.75, 3.05) is 26.2 Å². The summed E-state index contributed by atoms with van der Waals surface area (Å²) < 4.78 is 0. The highest BCUT2D eigenvalue weighted by atomic mass is 16.2.